The maximum Gasteiger partial charge on any atom is 0.266 e. The summed E-state index contributed by atoms with van der Waals surface area (Å²) in [4.78, 5) is 17.1. The van der Waals surface area contributed by atoms with Gasteiger partial charge in [0, 0.05) is 19.6 Å². The van der Waals surface area contributed by atoms with E-state index < -0.39 is 0 Å². The van der Waals surface area contributed by atoms with Gasteiger partial charge < -0.3 is 15.5 Å². The summed E-state index contributed by atoms with van der Waals surface area (Å²) in [5.41, 5.74) is 6.38. The van der Waals surface area contributed by atoms with Crippen molar-refractivity contribution in [3.63, 3.8) is 0 Å². The first-order valence-corrected chi connectivity index (χ1v) is 6.76. The summed E-state index contributed by atoms with van der Waals surface area (Å²) in [6.07, 6.45) is 2.23. The van der Waals surface area contributed by atoms with Gasteiger partial charge >= 0.3 is 0 Å². The Morgan fingerprint density at radius 1 is 1.65 bits per heavy atom. The number of thiophene rings is 1. The van der Waals surface area contributed by atoms with Crippen molar-refractivity contribution in [3.05, 3.63) is 16.3 Å². The van der Waals surface area contributed by atoms with Crippen LogP contribution >= 0.6 is 11.3 Å². The zero-order valence-electron chi connectivity index (χ0n) is 10.3. The van der Waals surface area contributed by atoms with Gasteiger partial charge in [0.25, 0.3) is 5.91 Å². The summed E-state index contributed by atoms with van der Waals surface area (Å²) in [6, 6.07) is 2.10. The van der Waals surface area contributed by atoms with Crippen molar-refractivity contribution in [3.8, 4) is 0 Å². The first kappa shape index (κ1) is 12.4. The SMILES string of the molecule is CN1CCCC(N(C)C(=O)c2sccc2N)C1. The predicted octanol–water partition coefficient (Wildman–Crippen LogP) is 1.50. The van der Waals surface area contributed by atoms with Gasteiger partial charge in [-0.2, -0.15) is 0 Å². The van der Waals surface area contributed by atoms with Crippen LogP contribution in [0.5, 0.6) is 0 Å². The van der Waals surface area contributed by atoms with Gasteiger partial charge in [0.15, 0.2) is 0 Å². The molecule has 0 bridgehead atoms. The van der Waals surface area contributed by atoms with Gasteiger partial charge in [0.05, 0.1) is 5.69 Å². The van der Waals surface area contributed by atoms with Crippen LogP contribution in [-0.2, 0) is 0 Å². The number of amides is 1. The lowest BCUT2D eigenvalue weighted by Crippen LogP contribution is -2.47. The van der Waals surface area contributed by atoms with E-state index in [9.17, 15) is 4.79 Å². The lowest BCUT2D eigenvalue weighted by Gasteiger charge is -2.35. The number of hydrogen-bond donors (Lipinski definition) is 1. The van der Waals surface area contributed by atoms with E-state index in [4.69, 9.17) is 5.73 Å². The first-order chi connectivity index (χ1) is 8.09. The Morgan fingerprint density at radius 3 is 3.00 bits per heavy atom. The molecule has 1 fully saturated rings. The maximum absolute atomic E-state index is 12.3. The summed E-state index contributed by atoms with van der Waals surface area (Å²) in [5, 5.41) is 1.86. The number of nitrogens with zero attached hydrogens (tertiary/aromatic N) is 2. The van der Waals surface area contributed by atoms with E-state index in [1.807, 2.05) is 17.3 Å². The number of likely N-dealkylation sites (tertiary alicyclic amines) is 1. The summed E-state index contributed by atoms with van der Waals surface area (Å²) in [6.45, 7) is 2.08. The Kier molecular flexibility index (Phi) is 3.69. The number of piperidine rings is 1. The van der Waals surface area contributed by atoms with E-state index in [0.717, 1.165) is 25.9 Å². The molecule has 0 aromatic carbocycles. The van der Waals surface area contributed by atoms with Gasteiger partial charge in [0.2, 0.25) is 0 Å². The van der Waals surface area contributed by atoms with Crippen LogP contribution in [0.2, 0.25) is 0 Å². The molecule has 1 aromatic heterocycles. The van der Waals surface area contributed by atoms with Crippen LogP contribution in [0.1, 0.15) is 22.5 Å². The number of carbonyl (C=O) groups is 1. The lowest BCUT2D eigenvalue weighted by molar-refractivity contribution is 0.0650. The largest absolute Gasteiger partial charge is 0.397 e. The monoisotopic (exact) mass is 253 g/mol. The van der Waals surface area contributed by atoms with Gasteiger partial charge in [-0.15, -0.1) is 11.3 Å². The molecule has 4 nitrogen and oxygen atoms in total. The van der Waals surface area contributed by atoms with Crippen LogP contribution < -0.4 is 5.73 Å². The van der Waals surface area contributed by atoms with Crippen LogP contribution in [0.3, 0.4) is 0 Å². The van der Waals surface area contributed by atoms with E-state index in [1.165, 1.54) is 11.3 Å². The summed E-state index contributed by atoms with van der Waals surface area (Å²) in [7, 11) is 3.98. The van der Waals surface area contributed by atoms with Crippen LogP contribution in [-0.4, -0.2) is 48.9 Å². The number of hydrogen-bond acceptors (Lipinski definition) is 4. The molecular weight excluding hydrogens is 234 g/mol. The topological polar surface area (TPSA) is 49.6 Å². The van der Waals surface area contributed by atoms with Gasteiger partial charge in [-0.3, -0.25) is 4.79 Å². The molecule has 0 spiro atoms. The number of carbonyl (C=O) groups excluding carboxylic acids is 1. The molecule has 1 amide bonds. The average molecular weight is 253 g/mol. The fraction of sp³-hybridized carbons (Fsp3) is 0.583. The highest BCUT2D eigenvalue weighted by Crippen LogP contribution is 2.23. The minimum atomic E-state index is 0.0535. The van der Waals surface area contributed by atoms with E-state index in [0.29, 0.717) is 16.6 Å². The minimum absolute atomic E-state index is 0.0535. The zero-order chi connectivity index (χ0) is 12.4. The predicted molar refractivity (Wildman–Crippen MR) is 71.3 cm³/mol. The minimum Gasteiger partial charge on any atom is -0.397 e. The van der Waals surface area contributed by atoms with E-state index in [2.05, 4.69) is 11.9 Å². The van der Waals surface area contributed by atoms with Gasteiger partial charge in [-0.05, 0) is 37.9 Å². The molecule has 2 rings (SSSR count). The highest BCUT2D eigenvalue weighted by Gasteiger charge is 2.26. The van der Waals surface area contributed by atoms with Gasteiger partial charge in [-0.25, -0.2) is 0 Å². The number of nitrogen functional groups attached to an aromatic ring is 1. The Morgan fingerprint density at radius 2 is 2.41 bits per heavy atom. The van der Waals surface area contributed by atoms with Crippen molar-refractivity contribution in [2.75, 3.05) is 32.9 Å². The third-order valence-corrected chi connectivity index (χ3v) is 4.28. The highest BCUT2D eigenvalue weighted by atomic mass is 32.1. The smallest absolute Gasteiger partial charge is 0.266 e. The zero-order valence-corrected chi connectivity index (χ0v) is 11.2. The van der Waals surface area contributed by atoms with Crippen LogP contribution in [0.4, 0.5) is 5.69 Å². The molecule has 1 saturated heterocycles. The second kappa shape index (κ2) is 5.06. The van der Waals surface area contributed by atoms with Crippen molar-refractivity contribution in [2.45, 2.75) is 18.9 Å². The maximum atomic E-state index is 12.3. The standard InChI is InChI=1S/C12H19N3OS/c1-14-6-3-4-9(8-14)15(2)12(16)11-10(13)5-7-17-11/h5,7,9H,3-4,6,8,13H2,1-2H3. The molecule has 1 unspecified atom stereocenters. The molecule has 2 heterocycles. The van der Waals surface area contributed by atoms with E-state index in [-0.39, 0.29) is 5.91 Å². The van der Waals surface area contributed by atoms with Gasteiger partial charge in [-0.1, -0.05) is 0 Å². The van der Waals surface area contributed by atoms with Crippen molar-refractivity contribution in [2.24, 2.45) is 0 Å². The second-order valence-electron chi connectivity index (χ2n) is 4.68. The quantitative estimate of drug-likeness (QED) is 0.869. The molecule has 5 heteroatoms. The summed E-state index contributed by atoms with van der Waals surface area (Å²) in [5.74, 6) is 0.0535. The van der Waals surface area contributed by atoms with Crippen molar-refractivity contribution < 1.29 is 4.79 Å². The summed E-state index contributed by atoms with van der Waals surface area (Å²) < 4.78 is 0. The molecule has 1 aromatic rings. The Labute approximate surface area is 106 Å². The van der Waals surface area contributed by atoms with Crippen LogP contribution in [0.25, 0.3) is 0 Å². The molecule has 17 heavy (non-hydrogen) atoms. The molecule has 2 N–H and O–H groups in total. The first-order valence-electron chi connectivity index (χ1n) is 5.88. The number of rotatable bonds is 2. The molecule has 1 aliphatic heterocycles. The van der Waals surface area contributed by atoms with E-state index >= 15 is 0 Å². The average Bonchev–Trinajstić information content (AvgIpc) is 2.73. The van der Waals surface area contributed by atoms with E-state index in [1.54, 1.807) is 6.07 Å². The summed E-state index contributed by atoms with van der Waals surface area (Å²) >= 11 is 1.42. The third-order valence-electron chi connectivity index (χ3n) is 3.36. The highest BCUT2D eigenvalue weighted by molar-refractivity contribution is 7.12. The fourth-order valence-electron chi connectivity index (χ4n) is 2.27. The Hall–Kier alpha value is -1.07. The lowest BCUT2D eigenvalue weighted by atomic mass is 10.0. The molecule has 0 aliphatic carbocycles. The van der Waals surface area contributed by atoms with Crippen LogP contribution in [0, 0.1) is 0 Å². The molecular formula is C12H19N3OS. The molecule has 0 radical (unpaired) electrons. The van der Waals surface area contributed by atoms with Crippen molar-refractivity contribution in [1.82, 2.24) is 9.80 Å². The second-order valence-corrected chi connectivity index (χ2v) is 5.60. The number of anilines is 1. The number of likely N-dealkylation sites (N-methyl/N-ethyl adjacent to an activating group) is 2. The number of nitrogens with two attached hydrogens (primary N) is 1. The van der Waals surface area contributed by atoms with Crippen LogP contribution in [0.15, 0.2) is 11.4 Å². The van der Waals surface area contributed by atoms with Crippen molar-refractivity contribution in [1.29, 1.82) is 0 Å². The fourth-order valence-corrected chi connectivity index (χ4v) is 3.07. The molecule has 94 valence electrons. The third kappa shape index (κ3) is 2.61. The van der Waals surface area contributed by atoms with Gasteiger partial charge in [0.1, 0.15) is 4.88 Å². The molecule has 1 aliphatic rings. The normalized spacial score (nSPS) is 21.4. The molecule has 0 saturated carbocycles. The molecule has 1 atom stereocenters. The Bertz CT molecular complexity index is 404. The van der Waals surface area contributed by atoms with Crippen molar-refractivity contribution >= 4 is 22.9 Å². The Balaban J connectivity index is 2.07.